The second kappa shape index (κ2) is 11.4. The molecule has 3 aromatic carbocycles. The average Bonchev–Trinajstić information content (AvgIpc) is 2.78. The SMILES string of the molecule is Cc1ccc(CSCCNC(=O)CN(c2cc(C)cc(C)c2)S(=O)(=O)c2ccccc2)cc1. The monoisotopic (exact) mass is 482 g/mol. The Morgan fingerprint density at radius 3 is 2.15 bits per heavy atom. The predicted molar refractivity (Wildman–Crippen MR) is 137 cm³/mol. The van der Waals surface area contributed by atoms with Crippen molar-refractivity contribution in [2.75, 3.05) is 23.1 Å². The number of anilines is 1. The number of nitrogens with zero attached hydrogens (tertiary/aromatic N) is 1. The molecule has 7 heteroatoms. The minimum atomic E-state index is -3.89. The molecule has 0 radical (unpaired) electrons. The first-order valence-electron chi connectivity index (χ1n) is 10.8. The van der Waals surface area contributed by atoms with Crippen molar-refractivity contribution in [2.45, 2.75) is 31.4 Å². The van der Waals surface area contributed by atoms with E-state index < -0.39 is 10.0 Å². The van der Waals surface area contributed by atoms with Crippen LogP contribution in [0.15, 0.2) is 77.7 Å². The van der Waals surface area contributed by atoms with Crippen LogP contribution >= 0.6 is 11.8 Å². The van der Waals surface area contributed by atoms with Gasteiger partial charge in [0.25, 0.3) is 10.0 Å². The van der Waals surface area contributed by atoms with Gasteiger partial charge in [-0.15, -0.1) is 0 Å². The lowest BCUT2D eigenvalue weighted by molar-refractivity contribution is -0.119. The number of hydrogen-bond donors (Lipinski definition) is 1. The number of rotatable bonds is 10. The van der Waals surface area contributed by atoms with Crippen LogP contribution in [0.25, 0.3) is 0 Å². The first-order chi connectivity index (χ1) is 15.8. The molecule has 0 aliphatic heterocycles. The summed E-state index contributed by atoms with van der Waals surface area (Å²) in [6.45, 7) is 6.08. The van der Waals surface area contributed by atoms with Crippen LogP contribution < -0.4 is 9.62 Å². The molecule has 0 bridgehead atoms. The van der Waals surface area contributed by atoms with E-state index in [1.165, 1.54) is 15.4 Å². The summed E-state index contributed by atoms with van der Waals surface area (Å²) in [6, 6.07) is 22.2. The molecule has 3 rings (SSSR count). The molecule has 0 aromatic heterocycles. The Morgan fingerprint density at radius 1 is 0.879 bits per heavy atom. The van der Waals surface area contributed by atoms with Crippen molar-refractivity contribution in [3.8, 4) is 0 Å². The van der Waals surface area contributed by atoms with Crippen LogP contribution in [0.1, 0.15) is 22.3 Å². The summed E-state index contributed by atoms with van der Waals surface area (Å²) in [4.78, 5) is 12.9. The van der Waals surface area contributed by atoms with Crippen molar-refractivity contribution < 1.29 is 13.2 Å². The first kappa shape index (κ1) is 24.9. The van der Waals surface area contributed by atoms with Gasteiger partial charge in [0, 0.05) is 18.1 Å². The molecule has 0 atom stereocenters. The minimum Gasteiger partial charge on any atom is -0.354 e. The quantitative estimate of drug-likeness (QED) is 0.419. The van der Waals surface area contributed by atoms with Crippen LogP contribution in [0.5, 0.6) is 0 Å². The number of sulfonamides is 1. The molecule has 0 aliphatic rings. The molecular formula is C26H30N2O3S2. The summed E-state index contributed by atoms with van der Waals surface area (Å²) < 4.78 is 28.0. The summed E-state index contributed by atoms with van der Waals surface area (Å²) in [7, 11) is -3.89. The fraction of sp³-hybridized carbons (Fsp3) is 0.269. The number of carbonyl (C=O) groups is 1. The standard InChI is InChI=1S/C26H30N2O3S2/c1-20-9-11-23(12-10-20)19-32-14-13-27-26(29)18-28(24-16-21(2)15-22(3)17-24)33(30,31)25-7-5-4-6-8-25/h4-12,15-17H,13-14,18-19H2,1-3H3,(H,27,29). The van der Waals surface area contributed by atoms with Crippen LogP contribution in [0, 0.1) is 20.8 Å². The third-order valence-corrected chi connectivity index (χ3v) is 7.89. The van der Waals surface area contributed by atoms with E-state index in [1.807, 2.05) is 19.9 Å². The topological polar surface area (TPSA) is 66.5 Å². The maximum absolute atomic E-state index is 13.4. The van der Waals surface area contributed by atoms with Gasteiger partial charge in [-0.2, -0.15) is 11.8 Å². The highest BCUT2D eigenvalue weighted by Crippen LogP contribution is 2.25. The molecule has 3 aromatic rings. The second-order valence-corrected chi connectivity index (χ2v) is 11.0. The van der Waals surface area contributed by atoms with Gasteiger partial charge in [0.2, 0.25) is 5.91 Å². The fourth-order valence-electron chi connectivity index (χ4n) is 3.45. The second-order valence-electron chi connectivity index (χ2n) is 8.06. The molecule has 0 saturated heterocycles. The minimum absolute atomic E-state index is 0.158. The number of amides is 1. The largest absolute Gasteiger partial charge is 0.354 e. The highest BCUT2D eigenvalue weighted by Gasteiger charge is 2.27. The number of aryl methyl sites for hydroxylation is 3. The zero-order chi connectivity index (χ0) is 23.8. The van der Waals surface area contributed by atoms with Gasteiger partial charge in [0.15, 0.2) is 0 Å². The molecule has 1 N–H and O–H groups in total. The maximum Gasteiger partial charge on any atom is 0.264 e. The van der Waals surface area contributed by atoms with Gasteiger partial charge in [0.1, 0.15) is 6.54 Å². The van der Waals surface area contributed by atoms with E-state index in [2.05, 4.69) is 36.5 Å². The number of hydrogen-bond acceptors (Lipinski definition) is 4. The molecular weight excluding hydrogens is 452 g/mol. The van der Waals surface area contributed by atoms with Crippen LogP contribution in [0.4, 0.5) is 5.69 Å². The van der Waals surface area contributed by atoms with E-state index in [0.29, 0.717) is 12.2 Å². The van der Waals surface area contributed by atoms with Crippen molar-refractivity contribution in [3.05, 3.63) is 95.1 Å². The van der Waals surface area contributed by atoms with Gasteiger partial charge >= 0.3 is 0 Å². The lowest BCUT2D eigenvalue weighted by atomic mass is 10.1. The summed E-state index contributed by atoms with van der Waals surface area (Å²) in [5.41, 5.74) is 4.83. The lowest BCUT2D eigenvalue weighted by Crippen LogP contribution is -2.41. The summed E-state index contributed by atoms with van der Waals surface area (Å²) in [5, 5.41) is 2.87. The van der Waals surface area contributed by atoms with E-state index in [1.54, 1.807) is 54.2 Å². The summed E-state index contributed by atoms with van der Waals surface area (Å²) in [5.74, 6) is 1.28. The van der Waals surface area contributed by atoms with Crippen molar-refractivity contribution in [3.63, 3.8) is 0 Å². The van der Waals surface area contributed by atoms with E-state index in [9.17, 15) is 13.2 Å². The average molecular weight is 483 g/mol. The van der Waals surface area contributed by atoms with Crippen LogP contribution in [0.2, 0.25) is 0 Å². The Hall–Kier alpha value is -2.77. The molecule has 1 amide bonds. The van der Waals surface area contributed by atoms with Crippen molar-refractivity contribution in [2.24, 2.45) is 0 Å². The third kappa shape index (κ3) is 7.11. The van der Waals surface area contributed by atoms with Gasteiger partial charge in [-0.05, 0) is 61.7 Å². The molecule has 0 heterocycles. The van der Waals surface area contributed by atoms with Crippen LogP contribution in [-0.2, 0) is 20.6 Å². The zero-order valence-electron chi connectivity index (χ0n) is 19.2. The molecule has 0 saturated carbocycles. The van der Waals surface area contributed by atoms with Crippen molar-refractivity contribution in [1.82, 2.24) is 5.32 Å². The highest BCUT2D eigenvalue weighted by atomic mass is 32.2. The van der Waals surface area contributed by atoms with Crippen molar-refractivity contribution >= 4 is 33.4 Å². The fourth-order valence-corrected chi connectivity index (χ4v) is 5.70. The number of nitrogens with one attached hydrogen (secondary N) is 1. The van der Waals surface area contributed by atoms with Gasteiger partial charge in [0.05, 0.1) is 10.6 Å². The Morgan fingerprint density at radius 2 is 1.52 bits per heavy atom. The molecule has 174 valence electrons. The Balaban J connectivity index is 1.65. The van der Waals surface area contributed by atoms with E-state index in [-0.39, 0.29) is 17.3 Å². The first-order valence-corrected chi connectivity index (χ1v) is 13.4. The maximum atomic E-state index is 13.4. The molecule has 33 heavy (non-hydrogen) atoms. The van der Waals surface area contributed by atoms with Gasteiger partial charge in [-0.1, -0.05) is 54.1 Å². The van der Waals surface area contributed by atoms with E-state index in [4.69, 9.17) is 0 Å². The predicted octanol–water partition coefficient (Wildman–Crippen LogP) is 4.86. The van der Waals surface area contributed by atoms with Crippen LogP contribution in [0.3, 0.4) is 0 Å². The number of thioether (sulfide) groups is 1. The number of carbonyl (C=O) groups excluding carboxylic acids is 1. The smallest absolute Gasteiger partial charge is 0.264 e. The molecule has 0 spiro atoms. The summed E-state index contributed by atoms with van der Waals surface area (Å²) in [6.07, 6.45) is 0. The Bertz CT molecular complexity index is 1160. The highest BCUT2D eigenvalue weighted by molar-refractivity contribution is 7.98. The summed E-state index contributed by atoms with van der Waals surface area (Å²) >= 11 is 1.73. The molecule has 0 unspecified atom stereocenters. The Kier molecular flexibility index (Phi) is 8.58. The van der Waals surface area contributed by atoms with Crippen LogP contribution in [-0.4, -0.2) is 33.2 Å². The van der Waals surface area contributed by atoms with E-state index >= 15 is 0 Å². The molecule has 0 aliphatic carbocycles. The third-order valence-electron chi connectivity index (χ3n) is 5.07. The Labute approximate surface area is 201 Å². The zero-order valence-corrected chi connectivity index (χ0v) is 20.9. The lowest BCUT2D eigenvalue weighted by Gasteiger charge is -2.25. The number of benzene rings is 3. The van der Waals surface area contributed by atoms with Gasteiger partial charge in [-0.3, -0.25) is 9.10 Å². The normalized spacial score (nSPS) is 11.2. The van der Waals surface area contributed by atoms with E-state index in [0.717, 1.165) is 22.6 Å². The molecule has 5 nitrogen and oxygen atoms in total. The van der Waals surface area contributed by atoms with Gasteiger partial charge in [-0.25, -0.2) is 8.42 Å². The van der Waals surface area contributed by atoms with Gasteiger partial charge < -0.3 is 5.32 Å². The molecule has 0 fully saturated rings. The van der Waals surface area contributed by atoms with Crippen molar-refractivity contribution in [1.29, 1.82) is 0 Å².